The molecule has 2 N–H and O–H groups in total. The molecule has 1 aromatic heterocycles. The smallest absolute Gasteiger partial charge is 0.503 e. The van der Waals surface area contributed by atoms with E-state index in [1.54, 1.807) is 6.92 Å². The number of aromatic hydroxyl groups is 1. The fraction of sp³-hybridized carbons (Fsp3) is 0.316. The van der Waals surface area contributed by atoms with Crippen molar-refractivity contribution >= 4 is 11.9 Å². The predicted molar refractivity (Wildman–Crippen MR) is 97.2 cm³/mol. The molecular formula is C19H19F3N2O6. The van der Waals surface area contributed by atoms with Gasteiger partial charge in [0.15, 0.2) is 17.2 Å². The van der Waals surface area contributed by atoms with Crippen molar-refractivity contribution in [1.29, 1.82) is 0 Å². The number of aromatic nitrogens is 1. The van der Waals surface area contributed by atoms with E-state index in [4.69, 9.17) is 9.47 Å². The zero-order valence-electron chi connectivity index (χ0n) is 16.0. The Labute approximate surface area is 169 Å². The number of rotatable bonds is 8. The number of hydrogen-bond acceptors (Lipinski definition) is 7. The van der Waals surface area contributed by atoms with E-state index in [0.717, 1.165) is 12.1 Å². The standard InChI is InChI=1S/C19H19F3N2O6/c1-11(9-12-3-5-13(6-4-12)30-19(20,21)22)29-15(25)10-24-18(27)16-17(26)14(28-2)7-8-23-16/h3-8,11,26H,9-10H2,1-2H3,(H,24,27). The first-order chi connectivity index (χ1) is 14.1. The van der Waals surface area contributed by atoms with Gasteiger partial charge in [0.05, 0.1) is 7.11 Å². The summed E-state index contributed by atoms with van der Waals surface area (Å²) in [6.45, 7) is 1.12. The summed E-state index contributed by atoms with van der Waals surface area (Å²) < 4.78 is 50.3. The molecule has 0 fully saturated rings. The molecule has 0 radical (unpaired) electrons. The maximum Gasteiger partial charge on any atom is 0.573 e. The second-order valence-corrected chi connectivity index (χ2v) is 6.09. The van der Waals surface area contributed by atoms with Crippen molar-refractivity contribution in [1.82, 2.24) is 10.3 Å². The minimum Gasteiger partial charge on any atom is -0.503 e. The molecule has 0 spiro atoms. The molecule has 1 heterocycles. The number of carbonyl (C=O) groups is 2. The van der Waals surface area contributed by atoms with Crippen LogP contribution in [0.2, 0.25) is 0 Å². The van der Waals surface area contributed by atoms with Crippen LogP contribution in [0.5, 0.6) is 17.2 Å². The molecule has 11 heteroatoms. The Morgan fingerprint density at radius 2 is 1.87 bits per heavy atom. The Morgan fingerprint density at radius 1 is 1.20 bits per heavy atom. The molecule has 0 saturated heterocycles. The molecule has 8 nitrogen and oxygen atoms in total. The Morgan fingerprint density at radius 3 is 2.47 bits per heavy atom. The summed E-state index contributed by atoms with van der Waals surface area (Å²) in [7, 11) is 1.31. The van der Waals surface area contributed by atoms with E-state index in [2.05, 4.69) is 15.0 Å². The predicted octanol–water partition coefficient (Wildman–Crippen LogP) is 2.60. The normalized spacial score (nSPS) is 12.0. The summed E-state index contributed by atoms with van der Waals surface area (Å²) in [6.07, 6.45) is -3.87. The molecule has 0 aliphatic heterocycles. The maximum absolute atomic E-state index is 12.2. The van der Waals surface area contributed by atoms with Crippen LogP contribution in [0.3, 0.4) is 0 Å². The van der Waals surface area contributed by atoms with E-state index in [1.807, 2.05) is 0 Å². The van der Waals surface area contributed by atoms with E-state index in [9.17, 15) is 27.9 Å². The van der Waals surface area contributed by atoms with Crippen molar-refractivity contribution < 1.29 is 42.1 Å². The minimum absolute atomic E-state index is 0.0537. The number of pyridine rings is 1. The number of esters is 1. The van der Waals surface area contributed by atoms with Crippen LogP contribution >= 0.6 is 0 Å². The van der Waals surface area contributed by atoms with Gasteiger partial charge in [-0.15, -0.1) is 13.2 Å². The molecule has 0 saturated carbocycles. The van der Waals surface area contributed by atoms with Crippen LogP contribution < -0.4 is 14.8 Å². The molecular weight excluding hydrogens is 409 g/mol. The molecule has 0 aliphatic rings. The lowest BCUT2D eigenvalue weighted by Gasteiger charge is -2.14. The van der Waals surface area contributed by atoms with Gasteiger partial charge in [-0.25, -0.2) is 4.98 Å². The lowest BCUT2D eigenvalue weighted by atomic mass is 10.1. The quantitative estimate of drug-likeness (QED) is 0.623. The van der Waals surface area contributed by atoms with Crippen LogP contribution in [0.15, 0.2) is 36.5 Å². The Hall–Kier alpha value is -3.50. The highest BCUT2D eigenvalue weighted by Crippen LogP contribution is 2.27. The van der Waals surface area contributed by atoms with Gasteiger partial charge in [0.1, 0.15) is 18.4 Å². The molecule has 1 unspecified atom stereocenters. The third kappa shape index (κ3) is 6.83. The second kappa shape index (κ2) is 9.81. The number of amides is 1. The molecule has 1 amide bonds. The van der Waals surface area contributed by atoms with Crippen molar-refractivity contribution in [2.45, 2.75) is 25.8 Å². The summed E-state index contributed by atoms with van der Waals surface area (Å²) >= 11 is 0. The summed E-state index contributed by atoms with van der Waals surface area (Å²) in [5, 5.41) is 12.2. The average molecular weight is 428 g/mol. The van der Waals surface area contributed by atoms with Gasteiger partial charge >= 0.3 is 12.3 Å². The van der Waals surface area contributed by atoms with E-state index in [1.165, 1.54) is 31.5 Å². The number of alkyl halides is 3. The van der Waals surface area contributed by atoms with Crippen LogP contribution in [0.4, 0.5) is 13.2 Å². The average Bonchev–Trinajstić information content (AvgIpc) is 2.66. The lowest BCUT2D eigenvalue weighted by molar-refractivity contribution is -0.274. The molecule has 2 rings (SSSR count). The number of halogens is 3. The third-order valence-corrected chi connectivity index (χ3v) is 3.73. The van der Waals surface area contributed by atoms with E-state index >= 15 is 0 Å². The highest BCUT2D eigenvalue weighted by Gasteiger charge is 2.31. The molecule has 1 atom stereocenters. The number of nitrogens with zero attached hydrogens (tertiary/aromatic N) is 1. The van der Waals surface area contributed by atoms with Gasteiger partial charge in [0, 0.05) is 18.7 Å². The summed E-state index contributed by atoms with van der Waals surface area (Å²) in [5.41, 5.74) is 0.315. The topological polar surface area (TPSA) is 107 Å². The Bertz CT molecular complexity index is 887. The van der Waals surface area contributed by atoms with Gasteiger partial charge in [-0.05, 0) is 24.6 Å². The Kier molecular flexibility index (Phi) is 7.45. The van der Waals surface area contributed by atoms with Crippen LogP contribution in [0.1, 0.15) is 23.0 Å². The minimum atomic E-state index is -4.77. The summed E-state index contributed by atoms with van der Waals surface area (Å²) in [4.78, 5) is 27.7. The largest absolute Gasteiger partial charge is 0.573 e. The van der Waals surface area contributed by atoms with Gasteiger partial charge in [-0.2, -0.15) is 0 Å². The van der Waals surface area contributed by atoms with Crippen LogP contribution in [-0.4, -0.2) is 48.1 Å². The van der Waals surface area contributed by atoms with Crippen LogP contribution in [-0.2, 0) is 16.0 Å². The monoisotopic (exact) mass is 428 g/mol. The van der Waals surface area contributed by atoms with Gasteiger partial charge in [-0.3, -0.25) is 9.59 Å². The van der Waals surface area contributed by atoms with Crippen molar-refractivity contribution in [3.8, 4) is 17.2 Å². The second-order valence-electron chi connectivity index (χ2n) is 6.09. The zero-order valence-corrected chi connectivity index (χ0v) is 16.0. The number of methoxy groups -OCH3 is 1. The highest BCUT2D eigenvalue weighted by atomic mass is 19.4. The first-order valence-corrected chi connectivity index (χ1v) is 8.63. The number of hydrogen-bond donors (Lipinski definition) is 2. The van der Waals surface area contributed by atoms with Crippen LogP contribution in [0, 0.1) is 0 Å². The van der Waals surface area contributed by atoms with E-state index < -0.39 is 36.6 Å². The van der Waals surface area contributed by atoms with Gasteiger partial charge in [-0.1, -0.05) is 12.1 Å². The van der Waals surface area contributed by atoms with E-state index in [-0.39, 0.29) is 23.6 Å². The lowest BCUT2D eigenvalue weighted by Crippen LogP contribution is -2.33. The summed E-state index contributed by atoms with van der Waals surface area (Å²) in [5.74, 6) is -2.30. The molecule has 2 aromatic rings. The van der Waals surface area contributed by atoms with Crippen molar-refractivity contribution in [2.75, 3.05) is 13.7 Å². The SMILES string of the molecule is COc1ccnc(C(=O)NCC(=O)OC(C)Cc2ccc(OC(F)(F)F)cc2)c1O. The molecule has 1 aromatic carbocycles. The number of nitrogens with one attached hydrogen (secondary N) is 1. The fourth-order valence-electron chi connectivity index (χ4n) is 2.47. The van der Waals surface area contributed by atoms with Crippen molar-refractivity contribution in [3.63, 3.8) is 0 Å². The zero-order chi connectivity index (χ0) is 22.3. The summed E-state index contributed by atoms with van der Waals surface area (Å²) in [6, 6.07) is 6.52. The van der Waals surface area contributed by atoms with E-state index in [0.29, 0.717) is 5.56 Å². The first-order valence-electron chi connectivity index (χ1n) is 8.63. The third-order valence-electron chi connectivity index (χ3n) is 3.73. The number of carbonyl (C=O) groups excluding carboxylic acids is 2. The van der Waals surface area contributed by atoms with Crippen molar-refractivity contribution in [3.05, 3.63) is 47.8 Å². The molecule has 0 aliphatic carbocycles. The first kappa shape index (κ1) is 22.8. The Balaban J connectivity index is 1.83. The van der Waals surface area contributed by atoms with Crippen molar-refractivity contribution in [2.24, 2.45) is 0 Å². The highest BCUT2D eigenvalue weighted by molar-refractivity contribution is 5.97. The van der Waals surface area contributed by atoms with Gasteiger partial charge < -0.3 is 24.6 Å². The maximum atomic E-state index is 12.2. The fourth-order valence-corrected chi connectivity index (χ4v) is 2.47. The molecule has 162 valence electrons. The van der Waals surface area contributed by atoms with Gasteiger partial charge in [0.25, 0.3) is 5.91 Å². The van der Waals surface area contributed by atoms with Gasteiger partial charge in [0.2, 0.25) is 0 Å². The number of ether oxygens (including phenoxy) is 3. The molecule has 30 heavy (non-hydrogen) atoms. The molecule has 0 bridgehead atoms. The van der Waals surface area contributed by atoms with Crippen LogP contribution in [0.25, 0.3) is 0 Å². The number of benzene rings is 1.